The van der Waals surface area contributed by atoms with Crippen LogP contribution in [0.15, 0.2) is 18.3 Å². The Bertz CT molecular complexity index is 422. The standard InChI is InChI=1S/C14H19ClN2O/c1-11(18)17-7-2-3-12(5-8-17)9-13-4-6-16-14(15)10-13/h4,6,10,12H,2-3,5,7-9H2,1H3. The van der Waals surface area contributed by atoms with Gasteiger partial charge in [-0.2, -0.15) is 0 Å². The molecule has 98 valence electrons. The topological polar surface area (TPSA) is 33.2 Å². The number of carbonyl (C=O) groups is 1. The summed E-state index contributed by atoms with van der Waals surface area (Å²) in [4.78, 5) is 17.3. The number of aromatic nitrogens is 1. The number of carbonyl (C=O) groups excluding carboxylic acids is 1. The number of nitrogens with zero attached hydrogens (tertiary/aromatic N) is 2. The molecule has 0 spiro atoms. The number of amides is 1. The van der Waals surface area contributed by atoms with Gasteiger partial charge in [0.05, 0.1) is 0 Å². The molecule has 0 radical (unpaired) electrons. The molecule has 18 heavy (non-hydrogen) atoms. The van der Waals surface area contributed by atoms with Crippen molar-refractivity contribution >= 4 is 17.5 Å². The van der Waals surface area contributed by atoms with E-state index in [4.69, 9.17) is 11.6 Å². The van der Waals surface area contributed by atoms with E-state index in [1.807, 2.05) is 17.0 Å². The Morgan fingerprint density at radius 1 is 1.50 bits per heavy atom. The predicted molar refractivity (Wildman–Crippen MR) is 72.5 cm³/mol. The van der Waals surface area contributed by atoms with Crippen molar-refractivity contribution in [3.8, 4) is 0 Å². The first-order valence-electron chi connectivity index (χ1n) is 6.51. The second-order valence-electron chi connectivity index (χ2n) is 4.99. The van der Waals surface area contributed by atoms with Crippen molar-refractivity contribution in [3.63, 3.8) is 0 Å². The minimum Gasteiger partial charge on any atom is -0.343 e. The van der Waals surface area contributed by atoms with Gasteiger partial charge in [-0.05, 0) is 49.3 Å². The Hall–Kier alpha value is -1.09. The maximum Gasteiger partial charge on any atom is 0.219 e. The van der Waals surface area contributed by atoms with Crippen LogP contribution < -0.4 is 0 Å². The molecule has 0 aliphatic carbocycles. The van der Waals surface area contributed by atoms with Gasteiger partial charge in [0.1, 0.15) is 5.15 Å². The third-order valence-corrected chi connectivity index (χ3v) is 3.82. The normalized spacial score (nSPS) is 20.6. The first kappa shape index (κ1) is 13.3. The summed E-state index contributed by atoms with van der Waals surface area (Å²) in [7, 11) is 0. The summed E-state index contributed by atoms with van der Waals surface area (Å²) in [6.45, 7) is 3.45. The number of halogens is 1. The molecule has 1 saturated heterocycles. The summed E-state index contributed by atoms with van der Waals surface area (Å²) < 4.78 is 0. The molecular formula is C14H19ClN2O. The third-order valence-electron chi connectivity index (χ3n) is 3.61. The fraction of sp³-hybridized carbons (Fsp3) is 0.571. The van der Waals surface area contributed by atoms with E-state index in [-0.39, 0.29) is 5.91 Å². The van der Waals surface area contributed by atoms with Gasteiger partial charge in [-0.3, -0.25) is 4.79 Å². The first-order chi connectivity index (χ1) is 8.65. The Kier molecular flexibility index (Phi) is 4.59. The highest BCUT2D eigenvalue weighted by Crippen LogP contribution is 2.22. The van der Waals surface area contributed by atoms with Crippen molar-refractivity contribution in [2.24, 2.45) is 5.92 Å². The quantitative estimate of drug-likeness (QED) is 0.771. The lowest BCUT2D eigenvalue weighted by molar-refractivity contribution is -0.128. The summed E-state index contributed by atoms with van der Waals surface area (Å²) in [5.41, 5.74) is 1.25. The number of hydrogen-bond donors (Lipinski definition) is 0. The Balaban J connectivity index is 1.92. The highest BCUT2D eigenvalue weighted by molar-refractivity contribution is 6.29. The average Bonchev–Trinajstić information content (AvgIpc) is 2.55. The van der Waals surface area contributed by atoms with E-state index in [0.29, 0.717) is 11.1 Å². The zero-order valence-electron chi connectivity index (χ0n) is 10.7. The van der Waals surface area contributed by atoms with Crippen molar-refractivity contribution in [2.75, 3.05) is 13.1 Å². The predicted octanol–water partition coefficient (Wildman–Crippen LogP) is 2.93. The van der Waals surface area contributed by atoms with Crippen LogP contribution in [-0.2, 0) is 11.2 Å². The molecule has 1 aliphatic rings. The number of rotatable bonds is 2. The van der Waals surface area contributed by atoms with Gasteiger partial charge in [0, 0.05) is 26.2 Å². The third kappa shape index (κ3) is 3.70. The molecule has 1 unspecified atom stereocenters. The molecule has 0 saturated carbocycles. The van der Waals surface area contributed by atoms with Gasteiger partial charge in [0.2, 0.25) is 5.91 Å². The molecule has 1 fully saturated rings. The molecule has 1 atom stereocenters. The zero-order chi connectivity index (χ0) is 13.0. The van der Waals surface area contributed by atoms with E-state index in [9.17, 15) is 4.79 Å². The molecule has 1 aliphatic heterocycles. The van der Waals surface area contributed by atoms with E-state index in [1.54, 1.807) is 13.1 Å². The molecule has 0 bridgehead atoms. The molecule has 0 N–H and O–H groups in total. The number of hydrogen-bond acceptors (Lipinski definition) is 2. The average molecular weight is 267 g/mol. The summed E-state index contributed by atoms with van der Waals surface area (Å²) in [6.07, 6.45) is 6.16. The number of pyridine rings is 1. The second-order valence-corrected chi connectivity index (χ2v) is 5.38. The molecule has 1 aromatic heterocycles. The Labute approximate surface area is 113 Å². The van der Waals surface area contributed by atoms with Crippen molar-refractivity contribution in [2.45, 2.75) is 32.6 Å². The molecular weight excluding hydrogens is 248 g/mol. The molecule has 4 heteroatoms. The van der Waals surface area contributed by atoms with Crippen LogP contribution in [0.25, 0.3) is 0 Å². The summed E-state index contributed by atoms with van der Waals surface area (Å²) in [6, 6.07) is 3.97. The van der Waals surface area contributed by atoms with Crippen molar-refractivity contribution < 1.29 is 4.79 Å². The minimum absolute atomic E-state index is 0.197. The van der Waals surface area contributed by atoms with Crippen molar-refractivity contribution in [3.05, 3.63) is 29.0 Å². The van der Waals surface area contributed by atoms with Gasteiger partial charge in [-0.1, -0.05) is 11.6 Å². The van der Waals surface area contributed by atoms with Gasteiger partial charge in [-0.15, -0.1) is 0 Å². The Morgan fingerprint density at radius 3 is 3.06 bits per heavy atom. The van der Waals surface area contributed by atoms with Crippen LogP contribution >= 0.6 is 11.6 Å². The van der Waals surface area contributed by atoms with Crippen LogP contribution in [0.1, 0.15) is 31.7 Å². The monoisotopic (exact) mass is 266 g/mol. The summed E-state index contributed by atoms with van der Waals surface area (Å²) in [5, 5.41) is 0.562. The lowest BCUT2D eigenvalue weighted by Crippen LogP contribution is -2.29. The van der Waals surface area contributed by atoms with Crippen LogP contribution in [0.4, 0.5) is 0 Å². The van der Waals surface area contributed by atoms with Crippen LogP contribution in [0, 0.1) is 5.92 Å². The minimum atomic E-state index is 0.197. The maximum atomic E-state index is 11.4. The van der Waals surface area contributed by atoms with E-state index in [0.717, 1.165) is 32.4 Å². The second kappa shape index (κ2) is 6.19. The van der Waals surface area contributed by atoms with Gasteiger partial charge in [0.25, 0.3) is 0 Å². The zero-order valence-corrected chi connectivity index (χ0v) is 11.5. The first-order valence-corrected chi connectivity index (χ1v) is 6.89. The largest absolute Gasteiger partial charge is 0.343 e. The SMILES string of the molecule is CC(=O)N1CCCC(Cc2ccnc(Cl)c2)CC1. The van der Waals surface area contributed by atoms with Crippen LogP contribution in [0.2, 0.25) is 5.15 Å². The van der Waals surface area contributed by atoms with E-state index in [1.165, 1.54) is 12.0 Å². The fourth-order valence-corrected chi connectivity index (χ4v) is 2.78. The fourth-order valence-electron chi connectivity index (χ4n) is 2.59. The molecule has 3 nitrogen and oxygen atoms in total. The highest BCUT2D eigenvalue weighted by atomic mass is 35.5. The van der Waals surface area contributed by atoms with Gasteiger partial charge in [-0.25, -0.2) is 4.98 Å². The van der Waals surface area contributed by atoms with E-state index >= 15 is 0 Å². The van der Waals surface area contributed by atoms with E-state index < -0.39 is 0 Å². The number of likely N-dealkylation sites (tertiary alicyclic amines) is 1. The molecule has 1 amide bonds. The molecule has 2 rings (SSSR count). The molecule has 1 aromatic rings. The maximum absolute atomic E-state index is 11.4. The van der Waals surface area contributed by atoms with Crippen molar-refractivity contribution in [1.82, 2.24) is 9.88 Å². The van der Waals surface area contributed by atoms with Gasteiger partial charge < -0.3 is 4.90 Å². The van der Waals surface area contributed by atoms with Gasteiger partial charge >= 0.3 is 0 Å². The van der Waals surface area contributed by atoms with Crippen LogP contribution in [0.3, 0.4) is 0 Å². The Morgan fingerprint density at radius 2 is 2.33 bits per heavy atom. The molecule has 0 aromatic carbocycles. The lowest BCUT2D eigenvalue weighted by atomic mass is 9.93. The highest BCUT2D eigenvalue weighted by Gasteiger charge is 2.18. The summed E-state index contributed by atoms with van der Waals surface area (Å²) >= 11 is 5.90. The summed E-state index contributed by atoms with van der Waals surface area (Å²) in [5.74, 6) is 0.843. The van der Waals surface area contributed by atoms with Crippen LogP contribution in [-0.4, -0.2) is 28.9 Å². The molecule has 2 heterocycles. The van der Waals surface area contributed by atoms with E-state index in [2.05, 4.69) is 4.98 Å². The van der Waals surface area contributed by atoms with Gasteiger partial charge in [0.15, 0.2) is 0 Å². The van der Waals surface area contributed by atoms with Crippen molar-refractivity contribution in [1.29, 1.82) is 0 Å². The van der Waals surface area contributed by atoms with Crippen LogP contribution in [0.5, 0.6) is 0 Å². The lowest BCUT2D eigenvalue weighted by Gasteiger charge is -2.18. The smallest absolute Gasteiger partial charge is 0.219 e.